The third kappa shape index (κ3) is 2.93. The van der Waals surface area contributed by atoms with Gasteiger partial charge in [0.1, 0.15) is 17.5 Å². The Labute approximate surface area is 125 Å². The Balaban J connectivity index is 1.94. The molecule has 21 heavy (non-hydrogen) atoms. The fourth-order valence-corrected chi connectivity index (χ4v) is 2.61. The van der Waals surface area contributed by atoms with Crippen molar-refractivity contribution >= 4 is 11.6 Å². The van der Waals surface area contributed by atoms with Gasteiger partial charge in [-0.25, -0.2) is 9.97 Å². The van der Waals surface area contributed by atoms with Crippen molar-refractivity contribution < 1.29 is 4.74 Å². The third-order valence-corrected chi connectivity index (χ3v) is 3.93. The highest BCUT2D eigenvalue weighted by Gasteiger charge is 2.30. The Bertz CT molecular complexity index is 564. The molecule has 1 aromatic rings. The molecule has 0 amide bonds. The molecule has 1 atom stereocenters. The zero-order valence-electron chi connectivity index (χ0n) is 12.6. The number of morpholine rings is 1. The van der Waals surface area contributed by atoms with Crippen molar-refractivity contribution in [3.8, 4) is 6.07 Å². The number of rotatable bonds is 4. The molecule has 6 heteroatoms. The van der Waals surface area contributed by atoms with E-state index in [0.717, 1.165) is 36.1 Å². The summed E-state index contributed by atoms with van der Waals surface area (Å²) in [7, 11) is 0. The number of aromatic nitrogens is 2. The van der Waals surface area contributed by atoms with Crippen LogP contribution in [0.2, 0.25) is 0 Å². The fraction of sp³-hybridized carbons (Fsp3) is 0.667. The fourth-order valence-electron chi connectivity index (χ4n) is 2.61. The molecule has 112 valence electrons. The van der Waals surface area contributed by atoms with E-state index in [0.29, 0.717) is 19.1 Å². The predicted octanol–water partition coefficient (Wildman–Crippen LogP) is 1.82. The number of nitrogens with zero attached hydrogens (tertiary/aromatic N) is 4. The SMILES string of the molecule is CCNc1nc(C2CC2)nc(N2CCOC(C#N)C2)c1C. The van der Waals surface area contributed by atoms with Crippen LogP contribution in [-0.4, -0.2) is 42.3 Å². The van der Waals surface area contributed by atoms with Gasteiger partial charge in [0, 0.05) is 24.6 Å². The lowest BCUT2D eigenvalue weighted by molar-refractivity contribution is 0.0761. The Morgan fingerprint density at radius 2 is 2.24 bits per heavy atom. The molecule has 6 nitrogen and oxygen atoms in total. The summed E-state index contributed by atoms with van der Waals surface area (Å²) in [5.41, 5.74) is 1.06. The summed E-state index contributed by atoms with van der Waals surface area (Å²) in [6, 6.07) is 2.19. The number of hydrogen-bond acceptors (Lipinski definition) is 6. The van der Waals surface area contributed by atoms with Crippen molar-refractivity contribution in [3.63, 3.8) is 0 Å². The highest BCUT2D eigenvalue weighted by atomic mass is 16.5. The lowest BCUT2D eigenvalue weighted by atomic mass is 10.2. The maximum atomic E-state index is 9.07. The van der Waals surface area contributed by atoms with E-state index < -0.39 is 0 Å². The normalized spacial score (nSPS) is 22.0. The molecule has 0 aromatic carbocycles. The monoisotopic (exact) mass is 287 g/mol. The van der Waals surface area contributed by atoms with Gasteiger partial charge in [0.25, 0.3) is 0 Å². The maximum absolute atomic E-state index is 9.07. The second-order valence-electron chi connectivity index (χ2n) is 5.62. The summed E-state index contributed by atoms with van der Waals surface area (Å²) in [4.78, 5) is 11.6. The first kappa shape index (κ1) is 14.1. The van der Waals surface area contributed by atoms with Gasteiger partial charge >= 0.3 is 0 Å². The van der Waals surface area contributed by atoms with Crippen LogP contribution in [0.15, 0.2) is 0 Å². The number of ether oxygens (including phenoxy) is 1. The number of nitrogens with one attached hydrogen (secondary N) is 1. The average molecular weight is 287 g/mol. The predicted molar refractivity (Wildman–Crippen MR) is 80.5 cm³/mol. The summed E-state index contributed by atoms with van der Waals surface area (Å²) >= 11 is 0. The second-order valence-corrected chi connectivity index (χ2v) is 5.62. The van der Waals surface area contributed by atoms with E-state index in [1.807, 2.05) is 6.92 Å². The van der Waals surface area contributed by atoms with Crippen LogP contribution in [0.3, 0.4) is 0 Å². The minimum absolute atomic E-state index is 0.375. The van der Waals surface area contributed by atoms with E-state index in [9.17, 15) is 0 Å². The molecule has 0 spiro atoms. The second kappa shape index (κ2) is 5.86. The average Bonchev–Trinajstić information content (AvgIpc) is 3.34. The van der Waals surface area contributed by atoms with Gasteiger partial charge in [-0.3, -0.25) is 0 Å². The van der Waals surface area contributed by atoms with E-state index in [1.54, 1.807) is 0 Å². The van der Waals surface area contributed by atoms with Gasteiger partial charge in [0.05, 0.1) is 19.2 Å². The molecule has 3 rings (SSSR count). The van der Waals surface area contributed by atoms with Crippen LogP contribution in [-0.2, 0) is 4.74 Å². The quantitative estimate of drug-likeness (QED) is 0.910. The molecule has 2 fully saturated rings. The van der Waals surface area contributed by atoms with E-state index in [4.69, 9.17) is 15.0 Å². The Hall–Kier alpha value is -1.87. The summed E-state index contributed by atoms with van der Waals surface area (Å²) in [6.07, 6.45) is 1.98. The van der Waals surface area contributed by atoms with Crippen LogP contribution in [0.1, 0.15) is 37.1 Å². The first-order valence-corrected chi connectivity index (χ1v) is 7.61. The van der Waals surface area contributed by atoms with Crippen LogP contribution in [0.25, 0.3) is 0 Å². The standard InChI is InChI=1S/C15H21N5O/c1-3-17-13-10(2)15(19-14(18-13)11-4-5-11)20-6-7-21-12(8-16)9-20/h11-12H,3-7,9H2,1-2H3,(H,17,18,19). The maximum Gasteiger partial charge on any atom is 0.161 e. The van der Waals surface area contributed by atoms with Crippen molar-refractivity contribution in [2.24, 2.45) is 0 Å². The summed E-state index contributed by atoms with van der Waals surface area (Å²) < 4.78 is 5.42. The first-order chi connectivity index (χ1) is 10.2. The summed E-state index contributed by atoms with van der Waals surface area (Å²) in [5.74, 6) is 3.32. The molecule has 0 bridgehead atoms. The molecule has 1 N–H and O–H groups in total. The van der Waals surface area contributed by atoms with Crippen LogP contribution in [0.5, 0.6) is 0 Å². The zero-order valence-corrected chi connectivity index (χ0v) is 12.6. The van der Waals surface area contributed by atoms with E-state index in [1.165, 1.54) is 12.8 Å². The van der Waals surface area contributed by atoms with Crippen LogP contribution >= 0.6 is 0 Å². The zero-order chi connectivity index (χ0) is 14.8. The van der Waals surface area contributed by atoms with Gasteiger partial charge in [0.15, 0.2) is 6.10 Å². The van der Waals surface area contributed by atoms with Crippen molar-refractivity contribution in [2.45, 2.75) is 38.7 Å². The first-order valence-electron chi connectivity index (χ1n) is 7.61. The van der Waals surface area contributed by atoms with Gasteiger partial charge in [-0.1, -0.05) is 0 Å². The van der Waals surface area contributed by atoms with Crippen molar-refractivity contribution in [2.75, 3.05) is 36.5 Å². The lowest BCUT2D eigenvalue weighted by Crippen LogP contribution is -2.42. The van der Waals surface area contributed by atoms with Gasteiger partial charge < -0.3 is 15.0 Å². The summed E-state index contributed by atoms with van der Waals surface area (Å²) in [5, 5.41) is 12.4. The number of nitriles is 1. The Kier molecular flexibility index (Phi) is 3.93. The molecule has 1 aliphatic heterocycles. The number of anilines is 2. The molecule has 1 saturated heterocycles. The van der Waals surface area contributed by atoms with Crippen molar-refractivity contribution in [3.05, 3.63) is 11.4 Å². The van der Waals surface area contributed by atoms with Gasteiger partial charge in [0.2, 0.25) is 0 Å². The smallest absolute Gasteiger partial charge is 0.161 e. The molecular weight excluding hydrogens is 266 g/mol. The van der Waals surface area contributed by atoms with Gasteiger partial charge in [-0.15, -0.1) is 0 Å². The molecule has 1 unspecified atom stereocenters. The molecule has 1 saturated carbocycles. The Morgan fingerprint density at radius 3 is 2.90 bits per heavy atom. The highest BCUT2D eigenvalue weighted by Crippen LogP contribution is 2.40. The molecule has 2 heterocycles. The van der Waals surface area contributed by atoms with Crippen LogP contribution in [0.4, 0.5) is 11.6 Å². The van der Waals surface area contributed by atoms with Gasteiger partial charge in [-0.2, -0.15) is 5.26 Å². The van der Waals surface area contributed by atoms with Crippen LogP contribution < -0.4 is 10.2 Å². The molecule has 2 aliphatic rings. The van der Waals surface area contributed by atoms with Crippen LogP contribution in [0, 0.1) is 18.3 Å². The third-order valence-electron chi connectivity index (χ3n) is 3.93. The largest absolute Gasteiger partial charge is 0.370 e. The van der Waals surface area contributed by atoms with E-state index >= 15 is 0 Å². The van der Waals surface area contributed by atoms with Crippen molar-refractivity contribution in [1.29, 1.82) is 5.26 Å². The molecule has 1 aliphatic carbocycles. The topological polar surface area (TPSA) is 74.1 Å². The number of hydrogen-bond donors (Lipinski definition) is 1. The Morgan fingerprint density at radius 1 is 1.43 bits per heavy atom. The highest BCUT2D eigenvalue weighted by molar-refractivity contribution is 5.59. The minimum Gasteiger partial charge on any atom is -0.370 e. The molecule has 0 radical (unpaired) electrons. The van der Waals surface area contributed by atoms with E-state index in [2.05, 4.69) is 28.2 Å². The molecule has 1 aromatic heterocycles. The summed E-state index contributed by atoms with van der Waals surface area (Å²) in [6.45, 7) is 6.86. The van der Waals surface area contributed by atoms with E-state index in [-0.39, 0.29) is 6.10 Å². The van der Waals surface area contributed by atoms with Gasteiger partial charge in [-0.05, 0) is 26.7 Å². The molecular formula is C15H21N5O. The van der Waals surface area contributed by atoms with Crippen molar-refractivity contribution in [1.82, 2.24) is 9.97 Å². The lowest BCUT2D eigenvalue weighted by Gasteiger charge is -2.32. The minimum atomic E-state index is -0.375.